The Morgan fingerprint density at radius 2 is 1.92 bits per heavy atom. The van der Waals surface area contributed by atoms with Gasteiger partial charge >= 0.3 is 5.97 Å². The van der Waals surface area contributed by atoms with Gasteiger partial charge in [-0.05, 0) is 23.3 Å². The number of carbonyl (C=O) groups excluding carboxylic acids is 1. The minimum Gasteiger partial charge on any atom is -0.488 e. The van der Waals surface area contributed by atoms with Crippen molar-refractivity contribution in [2.75, 3.05) is 7.11 Å². The Balaban J connectivity index is 1.91. The van der Waals surface area contributed by atoms with Gasteiger partial charge in [0.2, 0.25) is 0 Å². The summed E-state index contributed by atoms with van der Waals surface area (Å²) in [6, 6.07) is 17.1. The molecule has 4 heteroatoms. The lowest BCUT2D eigenvalue weighted by Gasteiger charge is -2.11. The Bertz CT molecular complexity index is 885. The first-order valence-corrected chi connectivity index (χ1v) is 7.53. The normalized spacial score (nSPS) is 10.4. The molecule has 0 amide bonds. The summed E-state index contributed by atoms with van der Waals surface area (Å²) < 4.78 is 10.7. The maximum Gasteiger partial charge on any atom is 0.356 e. The molecular formula is C20H17NO3. The lowest BCUT2D eigenvalue weighted by atomic mass is 10.1. The van der Waals surface area contributed by atoms with Crippen LogP contribution in [0.2, 0.25) is 0 Å². The van der Waals surface area contributed by atoms with Crippen molar-refractivity contribution in [1.29, 1.82) is 0 Å². The predicted molar refractivity (Wildman–Crippen MR) is 93.9 cm³/mol. The van der Waals surface area contributed by atoms with Crippen LogP contribution in [-0.2, 0) is 11.3 Å². The van der Waals surface area contributed by atoms with E-state index in [9.17, 15) is 4.79 Å². The number of hydrogen-bond acceptors (Lipinski definition) is 4. The van der Waals surface area contributed by atoms with Crippen molar-refractivity contribution in [1.82, 2.24) is 4.98 Å². The number of hydrogen-bond donors (Lipinski definition) is 0. The number of rotatable bonds is 5. The molecule has 0 unspecified atom stereocenters. The second-order valence-corrected chi connectivity index (χ2v) is 5.25. The largest absolute Gasteiger partial charge is 0.488 e. The molecule has 0 N–H and O–H groups in total. The number of para-hydroxylation sites is 1. The average Bonchev–Trinajstić information content (AvgIpc) is 2.65. The van der Waals surface area contributed by atoms with E-state index in [1.165, 1.54) is 7.11 Å². The average molecular weight is 319 g/mol. The lowest BCUT2D eigenvalue weighted by molar-refractivity contribution is 0.0594. The number of pyridine rings is 1. The summed E-state index contributed by atoms with van der Waals surface area (Å²) in [6.45, 7) is 4.14. The van der Waals surface area contributed by atoms with Gasteiger partial charge in [-0.15, -0.1) is 0 Å². The van der Waals surface area contributed by atoms with Crippen molar-refractivity contribution in [2.24, 2.45) is 0 Å². The van der Waals surface area contributed by atoms with Crippen LogP contribution in [0.5, 0.6) is 5.75 Å². The van der Waals surface area contributed by atoms with Gasteiger partial charge < -0.3 is 9.47 Å². The molecule has 0 aliphatic heterocycles. The van der Waals surface area contributed by atoms with Gasteiger partial charge in [-0.3, -0.25) is 0 Å². The molecule has 3 aromatic rings. The van der Waals surface area contributed by atoms with Crippen molar-refractivity contribution < 1.29 is 14.3 Å². The van der Waals surface area contributed by atoms with E-state index in [1.54, 1.807) is 12.1 Å². The summed E-state index contributed by atoms with van der Waals surface area (Å²) in [4.78, 5) is 16.1. The van der Waals surface area contributed by atoms with Crippen molar-refractivity contribution >= 4 is 22.9 Å². The highest BCUT2D eigenvalue weighted by atomic mass is 16.5. The van der Waals surface area contributed by atoms with Crippen molar-refractivity contribution in [3.63, 3.8) is 0 Å². The SMILES string of the molecule is C=Cc1ccc(COc2cc(C(=O)OC)nc3ccccc23)cc1. The first kappa shape index (κ1) is 15.7. The van der Waals surface area contributed by atoms with Crippen LogP contribution in [-0.4, -0.2) is 18.1 Å². The van der Waals surface area contributed by atoms with E-state index in [1.807, 2.05) is 48.5 Å². The number of fused-ring (bicyclic) bond motifs is 1. The first-order chi connectivity index (χ1) is 11.7. The van der Waals surface area contributed by atoms with E-state index in [-0.39, 0.29) is 5.69 Å². The highest BCUT2D eigenvalue weighted by molar-refractivity contribution is 5.94. The molecule has 0 aliphatic carbocycles. The quantitative estimate of drug-likeness (QED) is 0.660. The van der Waals surface area contributed by atoms with Crippen molar-refractivity contribution in [2.45, 2.75) is 6.61 Å². The van der Waals surface area contributed by atoms with Crippen LogP contribution in [0.4, 0.5) is 0 Å². The summed E-state index contributed by atoms with van der Waals surface area (Å²) in [5, 5.41) is 0.855. The molecule has 0 radical (unpaired) electrons. The van der Waals surface area contributed by atoms with Crippen LogP contribution in [0.15, 0.2) is 61.2 Å². The van der Waals surface area contributed by atoms with E-state index in [2.05, 4.69) is 11.6 Å². The molecule has 0 bridgehead atoms. The smallest absolute Gasteiger partial charge is 0.356 e. The maximum atomic E-state index is 11.8. The Labute approximate surface area is 140 Å². The molecule has 4 nitrogen and oxygen atoms in total. The summed E-state index contributed by atoms with van der Waals surface area (Å²) >= 11 is 0. The van der Waals surface area contributed by atoms with E-state index in [0.717, 1.165) is 16.5 Å². The Morgan fingerprint density at radius 1 is 1.17 bits per heavy atom. The Hall–Kier alpha value is -3.14. The van der Waals surface area contributed by atoms with Crippen LogP contribution < -0.4 is 4.74 Å². The minimum absolute atomic E-state index is 0.230. The van der Waals surface area contributed by atoms with Gasteiger partial charge in [0, 0.05) is 11.5 Å². The molecule has 0 saturated carbocycles. The van der Waals surface area contributed by atoms with Crippen LogP contribution in [0.1, 0.15) is 21.6 Å². The third-order valence-electron chi connectivity index (χ3n) is 3.68. The summed E-state index contributed by atoms with van der Waals surface area (Å²) in [7, 11) is 1.33. The molecule has 1 heterocycles. The molecule has 0 aliphatic rings. The van der Waals surface area contributed by atoms with Gasteiger partial charge in [0.15, 0.2) is 5.69 Å². The molecule has 24 heavy (non-hydrogen) atoms. The minimum atomic E-state index is -0.485. The van der Waals surface area contributed by atoms with Gasteiger partial charge in [0.05, 0.1) is 12.6 Å². The third-order valence-corrected chi connectivity index (χ3v) is 3.68. The molecule has 3 rings (SSSR count). The second-order valence-electron chi connectivity index (χ2n) is 5.25. The summed E-state index contributed by atoms with van der Waals surface area (Å²) in [6.07, 6.45) is 1.80. The standard InChI is InChI=1S/C20H17NO3/c1-3-14-8-10-15(11-9-14)13-24-19-12-18(20(22)23-2)21-17-7-5-4-6-16(17)19/h3-12H,1,13H2,2H3. The number of aromatic nitrogens is 1. The van der Waals surface area contributed by atoms with Crippen LogP contribution >= 0.6 is 0 Å². The van der Waals surface area contributed by atoms with Gasteiger partial charge in [-0.2, -0.15) is 0 Å². The van der Waals surface area contributed by atoms with E-state index >= 15 is 0 Å². The number of esters is 1. The zero-order valence-corrected chi connectivity index (χ0v) is 13.4. The molecule has 0 saturated heterocycles. The number of benzene rings is 2. The van der Waals surface area contributed by atoms with E-state index in [4.69, 9.17) is 9.47 Å². The van der Waals surface area contributed by atoms with Crippen LogP contribution in [0, 0.1) is 0 Å². The van der Waals surface area contributed by atoms with Gasteiger partial charge in [-0.1, -0.05) is 49.1 Å². The molecule has 0 atom stereocenters. The molecule has 1 aromatic heterocycles. The van der Waals surface area contributed by atoms with Crippen LogP contribution in [0.25, 0.3) is 17.0 Å². The highest BCUT2D eigenvalue weighted by Gasteiger charge is 2.13. The fraction of sp³-hybridized carbons (Fsp3) is 0.100. The van der Waals surface area contributed by atoms with Gasteiger partial charge in [-0.25, -0.2) is 9.78 Å². The Kier molecular flexibility index (Phi) is 4.57. The third kappa shape index (κ3) is 3.27. The zero-order valence-electron chi connectivity index (χ0n) is 13.4. The molecule has 2 aromatic carbocycles. The van der Waals surface area contributed by atoms with Crippen molar-refractivity contribution in [3.8, 4) is 5.75 Å². The number of methoxy groups -OCH3 is 1. The predicted octanol–water partition coefficient (Wildman–Crippen LogP) is 4.24. The number of nitrogens with zero attached hydrogens (tertiary/aromatic N) is 1. The van der Waals surface area contributed by atoms with Crippen molar-refractivity contribution in [3.05, 3.63) is 78.0 Å². The van der Waals surface area contributed by atoms with E-state index in [0.29, 0.717) is 17.9 Å². The molecule has 120 valence electrons. The van der Waals surface area contributed by atoms with Gasteiger partial charge in [0.25, 0.3) is 0 Å². The maximum absolute atomic E-state index is 11.8. The molecule has 0 spiro atoms. The van der Waals surface area contributed by atoms with Gasteiger partial charge in [0.1, 0.15) is 12.4 Å². The topological polar surface area (TPSA) is 48.4 Å². The monoisotopic (exact) mass is 319 g/mol. The first-order valence-electron chi connectivity index (χ1n) is 7.53. The van der Waals surface area contributed by atoms with E-state index < -0.39 is 5.97 Å². The summed E-state index contributed by atoms with van der Waals surface area (Å²) in [5.41, 5.74) is 3.01. The summed E-state index contributed by atoms with van der Waals surface area (Å²) in [5.74, 6) is 0.120. The lowest BCUT2D eigenvalue weighted by Crippen LogP contribution is -2.06. The fourth-order valence-corrected chi connectivity index (χ4v) is 2.38. The number of ether oxygens (including phenoxy) is 2. The van der Waals surface area contributed by atoms with Crippen LogP contribution in [0.3, 0.4) is 0 Å². The molecule has 0 fully saturated rings. The molecular weight excluding hydrogens is 302 g/mol. The Morgan fingerprint density at radius 3 is 2.62 bits per heavy atom. The highest BCUT2D eigenvalue weighted by Crippen LogP contribution is 2.26. The zero-order chi connectivity index (χ0) is 16.9. The fourth-order valence-electron chi connectivity index (χ4n) is 2.38. The number of carbonyl (C=O) groups is 1. The second kappa shape index (κ2) is 6.96.